The van der Waals surface area contributed by atoms with E-state index in [-0.39, 0.29) is 22.8 Å². The summed E-state index contributed by atoms with van der Waals surface area (Å²) in [7, 11) is 0. The highest BCUT2D eigenvalue weighted by Gasteiger charge is 2.70. The largest absolute Gasteiger partial charge is 0.466 e. The first-order valence-corrected chi connectivity index (χ1v) is 17.3. The quantitative estimate of drug-likeness (QED) is 0.277. The van der Waals surface area contributed by atoms with E-state index in [1.54, 1.807) is 11.1 Å². The highest BCUT2D eigenvalue weighted by atomic mass is 16.5. The van der Waals surface area contributed by atoms with Crippen LogP contribution in [0, 0.1) is 69.0 Å². The number of fused-ring (bicyclic) bond motifs is 8. The molecule has 0 radical (unpaired) electrons. The van der Waals surface area contributed by atoms with Crippen LogP contribution in [0.25, 0.3) is 0 Å². The van der Waals surface area contributed by atoms with Crippen LogP contribution >= 0.6 is 0 Å². The highest BCUT2D eigenvalue weighted by molar-refractivity contribution is 5.78. The van der Waals surface area contributed by atoms with Crippen LogP contribution in [0.5, 0.6) is 0 Å². The zero-order chi connectivity index (χ0) is 29.3. The number of carbonyl (C=O) groups is 1. The minimum absolute atomic E-state index is 0.0275. The van der Waals surface area contributed by atoms with E-state index in [2.05, 4.69) is 60.3 Å². The third-order valence-electron chi connectivity index (χ3n) is 15.7. The molecule has 3 nitrogen and oxygen atoms in total. The van der Waals surface area contributed by atoms with Gasteiger partial charge in [0.15, 0.2) is 0 Å². The zero-order valence-electron chi connectivity index (χ0n) is 27.2. The van der Waals surface area contributed by atoms with Crippen LogP contribution < -0.4 is 5.73 Å². The number of esters is 1. The number of ether oxygens (including phenoxy) is 1. The third kappa shape index (κ3) is 3.57. The molecule has 0 heterocycles. The van der Waals surface area contributed by atoms with Crippen LogP contribution in [0.4, 0.5) is 0 Å². The van der Waals surface area contributed by atoms with Crippen LogP contribution in [0.2, 0.25) is 0 Å². The van der Waals surface area contributed by atoms with E-state index in [1.165, 1.54) is 63.4 Å². The smallest absolute Gasteiger partial charge is 0.309 e. The van der Waals surface area contributed by atoms with Gasteiger partial charge in [0.1, 0.15) is 0 Å². The minimum Gasteiger partial charge on any atom is -0.466 e. The van der Waals surface area contributed by atoms with Crippen molar-refractivity contribution in [3.63, 3.8) is 0 Å². The summed E-state index contributed by atoms with van der Waals surface area (Å²) in [6.07, 6.45) is 17.8. The molecule has 5 saturated carbocycles. The molecule has 0 saturated heterocycles. The van der Waals surface area contributed by atoms with Gasteiger partial charge >= 0.3 is 5.97 Å². The van der Waals surface area contributed by atoms with Crippen molar-refractivity contribution < 1.29 is 9.53 Å². The Hall–Kier alpha value is -1.35. The molecule has 0 aromatic carbocycles. The number of allylic oxidation sites excluding steroid dienone is 5. The summed E-state index contributed by atoms with van der Waals surface area (Å²) in [5, 5.41) is 0. The van der Waals surface area contributed by atoms with Gasteiger partial charge in [-0.3, -0.25) is 4.79 Å². The normalized spacial score (nSPS) is 52.6. The minimum atomic E-state index is 0.0275. The molecule has 0 amide bonds. The first kappa shape index (κ1) is 28.4. The maximum absolute atomic E-state index is 12.4. The van der Waals surface area contributed by atoms with E-state index in [0.29, 0.717) is 52.4 Å². The Bertz CT molecular complexity index is 1230. The Labute approximate surface area is 250 Å². The van der Waals surface area contributed by atoms with Gasteiger partial charge in [-0.2, -0.15) is 0 Å². The molecule has 0 aromatic heterocycles. The highest BCUT2D eigenvalue weighted by Crippen LogP contribution is 2.76. The van der Waals surface area contributed by atoms with Crippen molar-refractivity contribution in [3.05, 3.63) is 35.5 Å². The summed E-state index contributed by atoms with van der Waals surface area (Å²) in [4.78, 5) is 12.4. The lowest BCUT2D eigenvalue weighted by molar-refractivity contribution is -0.219. The molecule has 7 aliphatic rings. The Morgan fingerprint density at radius 2 is 1.76 bits per heavy atom. The number of hydrogen-bond donors (Lipinski definition) is 1. The molecular weight excluding hydrogens is 502 g/mol. The zero-order valence-corrected chi connectivity index (χ0v) is 27.2. The van der Waals surface area contributed by atoms with Crippen LogP contribution in [-0.4, -0.2) is 18.1 Å². The van der Waals surface area contributed by atoms with Crippen LogP contribution in [0.3, 0.4) is 0 Å². The predicted molar refractivity (Wildman–Crippen MR) is 167 cm³/mol. The van der Waals surface area contributed by atoms with Crippen LogP contribution in [-0.2, 0) is 9.53 Å². The molecule has 0 bridgehead atoms. The van der Waals surface area contributed by atoms with Gasteiger partial charge < -0.3 is 10.5 Å². The third-order valence-corrected chi connectivity index (χ3v) is 15.7. The molecule has 12 atom stereocenters. The number of hydrogen-bond acceptors (Lipinski definition) is 3. The van der Waals surface area contributed by atoms with E-state index >= 15 is 0 Å². The maximum Gasteiger partial charge on any atom is 0.309 e. The van der Waals surface area contributed by atoms with Crippen molar-refractivity contribution in [1.29, 1.82) is 0 Å². The molecule has 5 fully saturated rings. The van der Waals surface area contributed by atoms with Crippen molar-refractivity contribution >= 4 is 5.97 Å². The summed E-state index contributed by atoms with van der Waals surface area (Å²) in [6, 6.07) is 0. The fraction of sp³-hybridized carbons (Fsp3) is 0.816. The summed E-state index contributed by atoms with van der Waals surface area (Å²) >= 11 is 0. The fourth-order valence-corrected chi connectivity index (χ4v) is 13.6. The second-order valence-electron chi connectivity index (χ2n) is 17.4. The van der Waals surface area contributed by atoms with Gasteiger partial charge in [-0.25, -0.2) is 0 Å². The first-order chi connectivity index (χ1) is 19.2. The van der Waals surface area contributed by atoms with E-state index in [9.17, 15) is 4.79 Å². The average Bonchev–Trinajstić information content (AvgIpc) is 3.20. The Kier molecular flexibility index (Phi) is 6.14. The molecule has 7 rings (SSSR count). The van der Waals surface area contributed by atoms with Gasteiger partial charge in [0, 0.05) is 5.54 Å². The molecule has 3 heteroatoms. The lowest BCUT2D eigenvalue weighted by Crippen LogP contribution is -2.67. The fourth-order valence-electron chi connectivity index (χ4n) is 13.6. The second kappa shape index (κ2) is 8.86. The molecule has 226 valence electrons. The lowest BCUT2D eigenvalue weighted by Gasteiger charge is -2.72. The Balaban J connectivity index is 1.18. The number of rotatable bonds is 4. The molecule has 2 N–H and O–H groups in total. The van der Waals surface area contributed by atoms with Crippen LogP contribution in [0.1, 0.15) is 113 Å². The van der Waals surface area contributed by atoms with Gasteiger partial charge in [-0.05, 0) is 152 Å². The van der Waals surface area contributed by atoms with Gasteiger partial charge in [-0.1, -0.05) is 58.9 Å². The van der Waals surface area contributed by atoms with Crippen molar-refractivity contribution in [3.8, 4) is 0 Å². The van der Waals surface area contributed by atoms with Crippen molar-refractivity contribution in [2.75, 3.05) is 6.61 Å². The molecular formula is C38H57NO2. The topological polar surface area (TPSA) is 52.3 Å². The van der Waals surface area contributed by atoms with E-state index in [1.807, 2.05) is 6.92 Å². The van der Waals surface area contributed by atoms with Gasteiger partial charge in [0.25, 0.3) is 0 Å². The molecule has 0 aromatic rings. The molecule has 7 aliphatic carbocycles. The summed E-state index contributed by atoms with van der Waals surface area (Å²) in [5.41, 5.74) is 13.1. The van der Waals surface area contributed by atoms with Crippen molar-refractivity contribution in [2.24, 2.45) is 74.7 Å². The number of carbonyl (C=O) groups excluding carboxylic acids is 1. The monoisotopic (exact) mass is 559 g/mol. The van der Waals surface area contributed by atoms with Crippen LogP contribution in [0.15, 0.2) is 35.5 Å². The van der Waals surface area contributed by atoms with Gasteiger partial charge in [0.05, 0.1) is 12.5 Å². The predicted octanol–water partition coefficient (Wildman–Crippen LogP) is 8.65. The van der Waals surface area contributed by atoms with Gasteiger partial charge in [-0.15, -0.1) is 0 Å². The summed E-state index contributed by atoms with van der Waals surface area (Å²) in [5.74, 6) is 4.49. The van der Waals surface area contributed by atoms with E-state index in [4.69, 9.17) is 10.5 Å². The molecule has 0 aliphatic heterocycles. The maximum atomic E-state index is 12.4. The molecule has 41 heavy (non-hydrogen) atoms. The van der Waals surface area contributed by atoms with Gasteiger partial charge in [0.2, 0.25) is 0 Å². The van der Waals surface area contributed by atoms with Crippen molar-refractivity contribution in [2.45, 2.75) is 118 Å². The Morgan fingerprint density at radius 1 is 1.00 bits per heavy atom. The average molecular weight is 560 g/mol. The van der Waals surface area contributed by atoms with E-state index < -0.39 is 0 Å². The Morgan fingerprint density at radius 3 is 2.41 bits per heavy atom. The molecule has 0 spiro atoms. The summed E-state index contributed by atoms with van der Waals surface area (Å²) in [6.45, 7) is 22.4. The number of nitrogens with two attached hydrogens (primary N) is 1. The second-order valence-corrected chi connectivity index (χ2v) is 17.4. The molecule has 3 unspecified atom stereocenters. The SMILES string of the molecule is C=C(C)[C@@H]1CC[C@]2(N)CC[C@]3(C)[C@H](CC[C@@H]4[C@@]5(C)CC=C(C6=CC7C(C6)C7C(=O)OCC)C(C)(C)[C@@H]5CC[C@]43C)[C@@H]12. The first-order valence-electron chi connectivity index (χ1n) is 17.3. The van der Waals surface area contributed by atoms with Crippen molar-refractivity contribution in [1.82, 2.24) is 0 Å². The van der Waals surface area contributed by atoms with E-state index in [0.717, 1.165) is 18.3 Å². The lowest BCUT2D eigenvalue weighted by atomic mass is 9.33. The standard InChI is InChI=1S/C38H57NO2/c1-9-41-33(40)31-25-20-23(21-26(25)31)27-13-15-35(6)29(34(27,4)5)14-16-37(8)30(35)11-10-28-32-24(22(2)3)12-17-38(32,39)19-18-36(28,37)7/h13,20,24-26,28-32H,2,9-12,14-19,21,39H2,1,3-8H3/t24-,25?,26?,28+,29-,30+,31?,32+,35-,36+,37+,38-/m0/s1. The summed E-state index contributed by atoms with van der Waals surface area (Å²) < 4.78 is 5.37.